The van der Waals surface area contributed by atoms with E-state index in [0.29, 0.717) is 57.9 Å². The summed E-state index contributed by atoms with van der Waals surface area (Å²) in [4.78, 5) is 109. The number of aliphatic hydroxyl groups is 2. The number of nitrogens with one attached hydrogen (secondary N) is 5. The third kappa shape index (κ3) is 22.8. The molecule has 0 spiro atoms. The third-order valence-corrected chi connectivity index (χ3v) is 12.8. The van der Waals surface area contributed by atoms with Crippen molar-refractivity contribution >= 4 is 53.6 Å². The third-order valence-electron chi connectivity index (χ3n) is 12.8. The van der Waals surface area contributed by atoms with E-state index in [2.05, 4.69) is 16.0 Å². The highest BCUT2D eigenvalue weighted by Crippen LogP contribution is 2.47. The van der Waals surface area contributed by atoms with Gasteiger partial charge in [-0.2, -0.15) is 26.3 Å². The van der Waals surface area contributed by atoms with Crippen molar-refractivity contribution in [2.75, 3.05) is 26.3 Å². The second-order valence-corrected chi connectivity index (χ2v) is 20.2. The Morgan fingerprint density at radius 2 is 1.07 bits per heavy atom. The summed E-state index contributed by atoms with van der Waals surface area (Å²) in [5, 5.41) is 49.1. The lowest BCUT2D eigenvalue weighted by Crippen LogP contribution is -2.54. The number of carbonyl (C=O) groups excluding carboxylic acids is 7. The molecule has 4 rings (SSSR count). The van der Waals surface area contributed by atoms with Crippen LogP contribution in [-0.4, -0.2) is 171 Å². The average Bonchev–Trinajstić information content (AvgIpc) is 4.08. The molecule has 10 atom stereocenters. The zero-order chi connectivity index (χ0) is 58.1. The largest absolute Gasteiger partial charge is 0.480 e. The van der Waals surface area contributed by atoms with Crippen LogP contribution in [0.1, 0.15) is 147 Å². The number of allylic oxidation sites excluding steroid dienone is 2. The smallest absolute Gasteiger partial charge is 0.471 e. The number of β-amino-alcohol motifs (C(OH)–C–C–N with tert-alkyl or cyclic N) is 2. The topological polar surface area (TPSA) is 326 Å². The van der Waals surface area contributed by atoms with Gasteiger partial charge in [0.2, 0.25) is 11.8 Å². The lowest BCUT2D eigenvalue weighted by molar-refractivity contribution is -0.175. The first kappa shape index (κ1) is 74.0. The van der Waals surface area contributed by atoms with Gasteiger partial charge in [0.15, 0.2) is 0 Å². The predicted molar refractivity (Wildman–Crippen MR) is 277 cm³/mol. The van der Waals surface area contributed by atoms with Gasteiger partial charge >= 0.3 is 54.1 Å². The number of carboxylic acid groups (broad SMARTS) is 2. The molecule has 0 radical (unpaired) electrons. The van der Waals surface area contributed by atoms with Gasteiger partial charge in [-0.15, -0.1) is 0 Å². The highest BCUT2D eigenvalue weighted by atomic mass is 19.4. The van der Waals surface area contributed by atoms with Crippen molar-refractivity contribution < 1.29 is 104 Å². The van der Waals surface area contributed by atoms with Gasteiger partial charge in [0, 0.05) is 24.8 Å². The fourth-order valence-electron chi connectivity index (χ4n) is 8.62. The monoisotopic (exact) mass is 1160 g/mol. The van der Waals surface area contributed by atoms with Gasteiger partial charge in [-0.1, -0.05) is 72.3 Å². The van der Waals surface area contributed by atoms with Crippen molar-refractivity contribution in [3.8, 4) is 0 Å². The first-order valence-electron chi connectivity index (χ1n) is 25.4. The zero-order valence-electron chi connectivity index (χ0n) is 43.6. The van der Waals surface area contributed by atoms with Gasteiger partial charge in [-0.3, -0.25) is 24.1 Å². The van der Waals surface area contributed by atoms with Crippen LogP contribution in [0.4, 0.5) is 31.1 Å². The number of carbonyl (C=O) groups is 9. The molecule has 9 N–H and O–H groups in total. The van der Waals surface area contributed by atoms with E-state index >= 15 is 0 Å². The number of ether oxygens (including phenoxy) is 3. The summed E-state index contributed by atoms with van der Waals surface area (Å²) in [5.41, 5.74) is -3.29. The molecule has 0 bridgehead atoms. The summed E-state index contributed by atoms with van der Waals surface area (Å²) in [5.74, 6) is -10.5. The minimum Gasteiger partial charge on any atom is -0.480 e. The fourth-order valence-corrected chi connectivity index (χ4v) is 8.62. The molecule has 80 heavy (non-hydrogen) atoms. The molecule has 2 heterocycles. The standard InChI is InChI=1S/C27H40F3N3O9.C22H32F3N3O7.3CH4/c1-5-41-23(39)26(32-20(35)19-13-17(34)15-33(19)24(40)42-25(2,3)4)14-16(26)11-9-7-6-8-10-12-18(21(36)37)31-22(38)27(28,29)30;1-2-35-20(34)21(28-17(30)16-10-14(29)12-26-16)11-13(21)8-6-4-3-5-7-9-15(18(31)32)27-19(33)22(23,24)25;;;/h9,11,16-19,34H,5-8,10,12-15H2,1-4H3,(H,31,38)(H,32,35)(H,36,37);6,8,13-16,26,29H,2-5,7,9-12H2,1H3,(H,27,33)(H,28,30)(H,31,32);3*1H4/b11-9-;8-6-;;;/t16-,17-,18+,19+,26-;13-,14-,15+,16+,21-;;;/m11.../s1. The van der Waals surface area contributed by atoms with Crippen LogP contribution in [-0.2, 0) is 52.6 Å². The van der Waals surface area contributed by atoms with Crippen molar-refractivity contribution in [1.29, 1.82) is 0 Å². The SMILES string of the molecule is C.C.C.CCOC(=O)[C@@]1(NC(=O)[C@@H]2C[C@@H](O)CN2)C[C@H]1/C=C\CCCCC[C@H](NC(=O)C(F)(F)F)C(=O)O.CCOC(=O)[C@@]1(NC(=O)[C@@H]2C[C@@H](O)CN2C(=O)OC(C)(C)C)C[C@H]1/C=C\CCCCC[C@H](NC(=O)C(F)(F)F)C(=O)O. The molecule has 4 fully saturated rings. The molecule has 22 nitrogen and oxygen atoms in total. The molecule has 2 saturated heterocycles. The Morgan fingerprint density at radius 3 is 1.44 bits per heavy atom. The number of amides is 5. The molecule has 460 valence electrons. The number of unbranched alkanes of at least 4 members (excludes halogenated alkanes) is 6. The second-order valence-electron chi connectivity index (χ2n) is 20.2. The molecule has 28 heteroatoms. The summed E-state index contributed by atoms with van der Waals surface area (Å²) < 4.78 is 89.7. The normalized spacial score (nSPS) is 24.7. The van der Waals surface area contributed by atoms with E-state index < -0.39 is 119 Å². The summed E-state index contributed by atoms with van der Waals surface area (Å²) in [7, 11) is 0. The van der Waals surface area contributed by atoms with Gasteiger partial charge in [0.1, 0.15) is 34.8 Å². The maximum Gasteiger partial charge on any atom is 0.471 e. The molecule has 0 aromatic heterocycles. The Balaban J connectivity index is 0.00000153. The van der Waals surface area contributed by atoms with Crippen LogP contribution in [0, 0.1) is 11.8 Å². The van der Waals surface area contributed by atoms with Gasteiger partial charge in [0.25, 0.3) is 0 Å². The number of esters is 2. The first-order chi connectivity index (χ1) is 35.8. The molecule has 0 aromatic carbocycles. The minimum atomic E-state index is -5.17. The lowest BCUT2D eigenvalue weighted by Gasteiger charge is -2.29. The molecule has 0 unspecified atom stereocenters. The molecular weight excluding hydrogens is 1080 g/mol. The van der Waals surface area contributed by atoms with E-state index in [1.807, 2.05) is 6.08 Å². The van der Waals surface area contributed by atoms with Crippen molar-refractivity contribution in [2.24, 2.45) is 11.8 Å². The van der Waals surface area contributed by atoms with Crippen molar-refractivity contribution in [3.05, 3.63) is 24.3 Å². The predicted octanol–water partition coefficient (Wildman–Crippen LogP) is 5.13. The zero-order valence-corrected chi connectivity index (χ0v) is 43.6. The van der Waals surface area contributed by atoms with Crippen LogP contribution in [0.2, 0.25) is 0 Å². The second kappa shape index (κ2) is 32.4. The maximum atomic E-state index is 13.2. The molecule has 4 aliphatic rings. The number of carboxylic acids is 2. The quantitative estimate of drug-likeness (QED) is 0.0178. The van der Waals surface area contributed by atoms with Gasteiger partial charge in [-0.05, 0) is 92.4 Å². The van der Waals surface area contributed by atoms with Crippen LogP contribution in [0.25, 0.3) is 0 Å². The van der Waals surface area contributed by atoms with Crippen LogP contribution in [0.3, 0.4) is 0 Å². The molecule has 2 aliphatic carbocycles. The maximum absolute atomic E-state index is 13.2. The average molecular weight is 1160 g/mol. The molecule has 2 saturated carbocycles. The van der Waals surface area contributed by atoms with Gasteiger partial charge < -0.3 is 61.2 Å². The lowest BCUT2D eigenvalue weighted by atomic mass is 10.1. The van der Waals surface area contributed by atoms with E-state index in [-0.39, 0.29) is 92.4 Å². The number of alkyl halides is 6. The van der Waals surface area contributed by atoms with Gasteiger partial charge in [-0.25, -0.2) is 24.0 Å². The fraction of sp³-hybridized carbons (Fsp3) is 0.750. The molecule has 2 aliphatic heterocycles. The number of aliphatic carboxylic acids is 2. The summed E-state index contributed by atoms with van der Waals surface area (Å²) >= 11 is 0. The number of likely N-dealkylation sites (tertiary alicyclic amines) is 1. The Hall–Kier alpha value is -6.03. The van der Waals surface area contributed by atoms with Crippen LogP contribution in [0.15, 0.2) is 24.3 Å². The number of nitrogens with zero attached hydrogens (tertiary/aromatic N) is 1. The Bertz CT molecular complexity index is 2160. The van der Waals surface area contributed by atoms with E-state index in [1.54, 1.807) is 52.8 Å². The van der Waals surface area contributed by atoms with Crippen LogP contribution < -0.4 is 26.6 Å². The van der Waals surface area contributed by atoms with Crippen LogP contribution in [0.5, 0.6) is 0 Å². The van der Waals surface area contributed by atoms with Crippen molar-refractivity contribution in [3.63, 3.8) is 0 Å². The van der Waals surface area contributed by atoms with Crippen LogP contribution >= 0.6 is 0 Å². The number of hydrogen-bond acceptors (Lipinski definition) is 15. The van der Waals surface area contributed by atoms with Crippen molar-refractivity contribution in [2.45, 2.75) is 212 Å². The molecule has 5 amide bonds. The molecular formula is C52H84F6N6O16. The molecule has 0 aromatic rings. The Labute approximate surface area is 462 Å². The van der Waals surface area contributed by atoms with E-state index in [4.69, 9.17) is 24.4 Å². The first-order valence-corrected chi connectivity index (χ1v) is 25.4. The number of hydrogen-bond donors (Lipinski definition) is 9. The number of aliphatic hydroxyl groups excluding tert-OH is 2. The Kier molecular flexibility index (Phi) is 30.0. The van der Waals surface area contributed by atoms with Crippen molar-refractivity contribution in [1.82, 2.24) is 31.5 Å². The van der Waals surface area contributed by atoms with E-state index in [9.17, 15) is 79.7 Å². The number of halogens is 6. The highest BCUT2D eigenvalue weighted by molar-refractivity contribution is 5.95. The summed E-state index contributed by atoms with van der Waals surface area (Å²) in [6.07, 6.45) is -1.07. The highest BCUT2D eigenvalue weighted by Gasteiger charge is 2.63. The minimum absolute atomic E-state index is 0. The van der Waals surface area contributed by atoms with E-state index in [0.717, 1.165) is 4.90 Å². The summed E-state index contributed by atoms with van der Waals surface area (Å²) in [6.45, 7) is 8.77. The van der Waals surface area contributed by atoms with E-state index in [1.165, 1.54) is 10.6 Å². The summed E-state index contributed by atoms with van der Waals surface area (Å²) in [6, 6.07) is -4.89. The number of rotatable bonds is 26. The van der Waals surface area contributed by atoms with Gasteiger partial charge in [0.05, 0.1) is 38.0 Å². The Morgan fingerprint density at radius 1 is 0.650 bits per heavy atom.